The fourth-order valence-electron chi connectivity index (χ4n) is 1.69. The molecule has 1 aromatic carbocycles. The van der Waals surface area contributed by atoms with Crippen LogP contribution in [0.4, 0.5) is 15.8 Å². The molecule has 0 aliphatic heterocycles. The highest BCUT2D eigenvalue weighted by molar-refractivity contribution is 7.11. The van der Waals surface area contributed by atoms with E-state index in [2.05, 4.69) is 31.1 Å². The van der Waals surface area contributed by atoms with Gasteiger partial charge in [0.25, 0.3) is 0 Å². The van der Waals surface area contributed by atoms with Crippen molar-refractivity contribution in [3.05, 3.63) is 50.2 Å². The summed E-state index contributed by atoms with van der Waals surface area (Å²) in [6.07, 6.45) is 1.79. The molecule has 112 valence electrons. The van der Waals surface area contributed by atoms with Crippen molar-refractivity contribution in [3.8, 4) is 0 Å². The van der Waals surface area contributed by atoms with Gasteiger partial charge >= 0.3 is 5.69 Å². The van der Waals surface area contributed by atoms with Crippen molar-refractivity contribution in [2.45, 2.75) is 32.7 Å². The monoisotopic (exact) mass is 309 g/mol. The van der Waals surface area contributed by atoms with Gasteiger partial charge in [-0.25, -0.2) is 4.98 Å². The van der Waals surface area contributed by atoms with E-state index in [0.29, 0.717) is 12.2 Å². The third kappa shape index (κ3) is 3.75. The number of nitrogens with one attached hydrogen (secondary N) is 1. The first kappa shape index (κ1) is 15.4. The first-order valence-electron chi connectivity index (χ1n) is 6.40. The second-order valence-corrected chi connectivity index (χ2v) is 6.77. The molecule has 7 heteroatoms. The Balaban J connectivity index is 2.08. The van der Waals surface area contributed by atoms with E-state index >= 15 is 0 Å². The van der Waals surface area contributed by atoms with E-state index < -0.39 is 16.4 Å². The second kappa shape index (κ2) is 5.77. The molecule has 1 heterocycles. The van der Waals surface area contributed by atoms with E-state index in [1.54, 1.807) is 17.5 Å². The molecule has 1 N–H and O–H groups in total. The van der Waals surface area contributed by atoms with Crippen LogP contribution in [0.3, 0.4) is 0 Å². The van der Waals surface area contributed by atoms with Gasteiger partial charge < -0.3 is 5.32 Å². The van der Waals surface area contributed by atoms with Crippen molar-refractivity contribution in [1.82, 2.24) is 4.98 Å². The second-order valence-electron chi connectivity index (χ2n) is 5.66. The van der Waals surface area contributed by atoms with E-state index in [0.717, 1.165) is 16.0 Å². The lowest BCUT2D eigenvalue weighted by molar-refractivity contribution is -0.387. The van der Waals surface area contributed by atoms with Crippen LogP contribution in [0.15, 0.2) is 24.4 Å². The Morgan fingerprint density at radius 1 is 1.43 bits per heavy atom. The number of nitro benzene ring substituents is 1. The molecule has 1 aromatic heterocycles. The van der Waals surface area contributed by atoms with Crippen LogP contribution in [-0.2, 0) is 12.0 Å². The standard InChI is InChI=1S/C14H16FN3O2S/c1-14(2,3)13-17-8-10(21-13)7-16-9-4-5-11(15)12(6-9)18(19)20/h4-6,8,16H,7H2,1-3H3. The maximum atomic E-state index is 13.2. The van der Waals surface area contributed by atoms with Crippen LogP contribution in [0, 0.1) is 15.9 Å². The molecule has 0 aliphatic carbocycles. The molecule has 21 heavy (non-hydrogen) atoms. The van der Waals surface area contributed by atoms with Crippen LogP contribution in [0.2, 0.25) is 0 Å². The molecule has 0 saturated carbocycles. The number of nitro groups is 1. The number of rotatable bonds is 4. The molecule has 0 unspecified atom stereocenters. The van der Waals surface area contributed by atoms with Crippen LogP contribution in [0.1, 0.15) is 30.7 Å². The van der Waals surface area contributed by atoms with E-state index in [-0.39, 0.29) is 5.41 Å². The van der Waals surface area contributed by atoms with Gasteiger partial charge in [-0.2, -0.15) is 4.39 Å². The van der Waals surface area contributed by atoms with Crippen molar-refractivity contribution < 1.29 is 9.31 Å². The van der Waals surface area contributed by atoms with E-state index in [4.69, 9.17) is 0 Å². The van der Waals surface area contributed by atoms with Gasteiger partial charge in [-0.1, -0.05) is 20.8 Å². The van der Waals surface area contributed by atoms with E-state index in [9.17, 15) is 14.5 Å². The lowest BCUT2D eigenvalue weighted by atomic mass is 9.98. The van der Waals surface area contributed by atoms with Gasteiger partial charge in [0.05, 0.1) is 16.5 Å². The van der Waals surface area contributed by atoms with Crippen molar-refractivity contribution in [1.29, 1.82) is 0 Å². The van der Waals surface area contributed by atoms with Crippen LogP contribution >= 0.6 is 11.3 Å². The highest BCUT2D eigenvalue weighted by atomic mass is 32.1. The molecule has 0 spiro atoms. The van der Waals surface area contributed by atoms with Crippen molar-refractivity contribution in [2.24, 2.45) is 0 Å². The van der Waals surface area contributed by atoms with Crippen molar-refractivity contribution in [3.63, 3.8) is 0 Å². The molecule has 2 aromatic rings. The molecule has 0 fully saturated rings. The largest absolute Gasteiger partial charge is 0.380 e. The maximum Gasteiger partial charge on any atom is 0.306 e. The van der Waals surface area contributed by atoms with Gasteiger partial charge in [-0.3, -0.25) is 10.1 Å². The Hall–Kier alpha value is -2.02. The zero-order valence-corrected chi connectivity index (χ0v) is 12.8. The van der Waals surface area contributed by atoms with Crippen molar-refractivity contribution >= 4 is 22.7 Å². The summed E-state index contributed by atoms with van der Waals surface area (Å²) in [5.74, 6) is -0.835. The summed E-state index contributed by atoms with van der Waals surface area (Å²) >= 11 is 1.59. The van der Waals surface area contributed by atoms with Gasteiger partial charge in [0.15, 0.2) is 0 Å². The minimum atomic E-state index is -0.835. The molecule has 0 atom stereocenters. The molecule has 5 nitrogen and oxygen atoms in total. The van der Waals surface area contributed by atoms with Crippen LogP contribution < -0.4 is 5.32 Å². The number of hydrogen-bond donors (Lipinski definition) is 1. The number of benzene rings is 1. The number of thiazole rings is 1. The predicted octanol–water partition coefficient (Wildman–Crippen LogP) is 4.10. The zero-order chi connectivity index (χ0) is 15.6. The number of nitrogens with zero attached hydrogens (tertiary/aromatic N) is 2. The fourth-order valence-corrected chi connectivity index (χ4v) is 2.60. The Labute approximate surface area is 126 Å². The average molecular weight is 309 g/mol. The summed E-state index contributed by atoms with van der Waals surface area (Å²) in [4.78, 5) is 15.4. The Morgan fingerprint density at radius 3 is 2.71 bits per heavy atom. The smallest absolute Gasteiger partial charge is 0.306 e. The SMILES string of the molecule is CC(C)(C)c1ncc(CNc2ccc(F)c([N+](=O)[O-])c2)s1. The van der Waals surface area contributed by atoms with Crippen LogP contribution in [0.5, 0.6) is 0 Å². The number of hydrogen-bond acceptors (Lipinski definition) is 5. The Bertz CT molecular complexity index is 664. The molecule has 0 amide bonds. The van der Waals surface area contributed by atoms with Gasteiger partial charge in [-0.05, 0) is 12.1 Å². The van der Waals surface area contributed by atoms with Gasteiger partial charge in [-0.15, -0.1) is 11.3 Å². The Morgan fingerprint density at radius 2 is 2.14 bits per heavy atom. The summed E-state index contributed by atoms with van der Waals surface area (Å²) in [5, 5.41) is 14.8. The third-order valence-electron chi connectivity index (χ3n) is 2.80. The highest BCUT2D eigenvalue weighted by Gasteiger charge is 2.18. The molecule has 0 bridgehead atoms. The summed E-state index contributed by atoms with van der Waals surface area (Å²) < 4.78 is 13.2. The molecule has 2 rings (SSSR count). The minimum absolute atomic E-state index is 0.00240. The zero-order valence-electron chi connectivity index (χ0n) is 12.0. The molecule has 0 aliphatic rings. The quantitative estimate of drug-likeness (QED) is 0.682. The molecular formula is C14H16FN3O2S. The summed E-state index contributed by atoms with van der Waals surface area (Å²) in [5.41, 5.74) is -0.0223. The van der Waals surface area contributed by atoms with Gasteiger partial charge in [0.2, 0.25) is 5.82 Å². The lowest BCUT2D eigenvalue weighted by Crippen LogP contribution is -2.09. The number of anilines is 1. The van der Waals surface area contributed by atoms with Crippen molar-refractivity contribution in [2.75, 3.05) is 5.32 Å². The topological polar surface area (TPSA) is 68.1 Å². The normalized spacial score (nSPS) is 11.4. The fraction of sp³-hybridized carbons (Fsp3) is 0.357. The number of halogens is 1. The first-order valence-corrected chi connectivity index (χ1v) is 7.22. The Kier molecular flexibility index (Phi) is 4.22. The lowest BCUT2D eigenvalue weighted by Gasteiger charge is -2.13. The highest BCUT2D eigenvalue weighted by Crippen LogP contribution is 2.27. The average Bonchev–Trinajstić information content (AvgIpc) is 2.86. The van der Waals surface area contributed by atoms with Gasteiger partial charge in [0, 0.05) is 28.2 Å². The summed E-state index contributed by atoms with van der Waals surface area (Å²) in [6, 6.07) is 3.77. The maximum absolute atomic E-state index is 13.2. The van der Waals surface area contributed by atoms with Gasteiger partial charge in [0.1, 0.15) is 0 Å². The first-order chi connectivity index (χ1) is 9.77. The van der Waals surface area contributed by atoms with E-state index in [1.807, 2.05) is 0 Å². The molecule has 0 radical (unpaired) electrons. The summed E-state index contributed by atoms with van der Waals surface area (Å²) in [7, 11) is 0. The number of aromatic nitrogens is 1. The predicted molar refractivity (Wildman–Crippen MR) is 81.2 cm³/mol. The molecule has 0 saturated heterocycles. The van der Waals surface area contributed by atoms with E-state index in [1.165, 1.54) is 12.1 Å². The minimum Gasteiger partial charge on any atom is -0.380 e. The molecular weight excluding hydrogens is 293 g/mol. The van der Waals surface area contributed by atoms with Crippen LogP contribution in [-0.4, -0.2) is 9.91 Å². The van der Waals surface area contributed by atoms with Crippen LogP contribution in [0.25, 0.3) is 0 Å². The third-order valence-corrected chi connectivity index (χ3v) is 4.23. The summed E-state index contributed by atoms with van der Waals surface area (Å²) in [6.45, 7) is 6.77.